The van der Waals surface area contributed by atoms with Crippen molar-refractivity contribution in [2.75, 3.05) is 23.3 Å². The predicted molar refractivity (Wildman–Crippen MR) is 128 cm³/mol. The van der Waals surface area contributed by atoms with Crippen molar-refractivity contribution in [2.45, 2.75) is 31.2 Å². The number of carbonyl (C=O) groups excluding carboxylic acids is 1. The fourth-order valence-corrected chi connectivity index (χ4v) is 4.63. The number of methoxy groups -OCH3 is 1. The van der Waals surface area contributed by atoms with Gasteiger partial charge < -0.3 is 9.64 Å². The molecule has 0 saturated carbocycles. The van der Waals surface area contributed by atoms with Crippen molar-refractivity contribution in [3.63, 3.8) is 0 Å². The molecule has 6 nitrogen and oxygen atoms in total. The molecule has 0 aliphatic carbocycles. The van der Waals surface area contributed by atoms with E-state index in [1.54, 1.807) is 30.3 Å². The van der Waals surface area contributed by atoms with Gasteiger partial charge in [0.15, 0.2) is 0 Å². The van der Waals surface area contributed by atoms with Gasteiger partial charge in [0.25, 0.3) is 10.0 Å². The molecule has 0 saturated heterocycles. The summed E-state index contributed by atoms with van der Waals surface area (Å²) in [4.78, 5) is 13.9. The molecule has 3 aromatic rings. The lowest BCUT2D eigenvalue weighted by Crippen LogP contribution is -2.35. The maximum absolute atomic E-state index is 12.9. The van der Waals surface area contributed by atoms with Crippen molar-refractivity contribution in [1.29, 1.82) is 0 Å². The third-order valence-electron chi connectivity index (χ3n) is 5.27. The topological polar surface area (TPSA) is 75.7 Å². The zero-order chi connectivity index (χ0) is 23.3. The Morgan fingerprint density at radius 1 is 1.09 bits per heavy atom. The highest BCUT2D eigenvalue weighted by atomic mass is 32.2. The molecule has 1 atom stereocenters. The lowest BCUT2D eigenvalue weighted by atomic mass is 10.0. The van der Waals surface area contributed by atoms with Gasteiger partial charge >= 0.3 is 5.97 Å². The summed E-state index contributed by atoms with van der Waals surface area (Å²) in [7, 11) is -2.41. The zero-order valence-corrected chi connectivity index (χ0v) is 19.1. The van der Waals surface area contributed by atoms with Crippen LogP contribution in [0.25, 0.3) is 10.8 Å². The quantitative estimate of drug-likeness (QED) is 0.408. The van der Waals surface area contributed by atoms with Crippen LogP contribution in [0, 0.1) is 19.3 Å². The van der Waals surface area contributed by atoms with Crippen LogP contribution in [0.5, 0.6) is 0 Å². The van der Waals surface area contributed by atoms with Gasteiger partial charge in [-0.1, -0.05) is 47.9 Å². The minimum absolute atomic E-state index is 0.175. The lowest BCUT2D eigenvalue weighted by molar-refractivity contribution is -0.140. The van der Waals surface area contributed by atoms with Gasteiger partial charge in [-0.2, -0.15) is 0 Å². The smallest absolute Gasteiger partial charge is 0.307 e. The molecule has 0 unspecified atom stereocenters. The van der Waals surface area contributed by atoms with Gasteiger partial charge in [0.1, 0.15) is 0 Å². The number of ether oxygens (including phenoxy) is 1. The van der Waals surface area contributed by atoms with Crippen LogP contribution in [0.4, 0.5) is 11.4 Å². The molecule has 3 aromatic carbocycles. The number of terminal acetylenes is 1. The minimum atomic E-state index is -3.76. The maximum atomic E-state index is 12.9. The summed E-state index contributed by atoms with van der Waals surface area (Å²) in [6.45, 7) is 4.09. The third kappa shape index (κ3) is 5.04. The van der Waals surface area contributed by atoms with Gasteiger partial charge in [-0.3, -0.25) is 9.52 Å². The molecule has 0 aromatic heterocycles. The number of nitrogens with one attached hydrogen (secondary N) is 1. The number of hydrogen-bond acceptors (Lipinski definition) is 5. The van der Waals surface area contributed by atoms with Crippen LogP contribution in [0.3, 0.4) is 0 Å². The number of carbonyl (C=O) groups is 1. The first-order valence-corrected chi connectivity index (χ1v) is 11.6. The monoisotopic (exact) mass is 450 g/mol. The molecular weight excluding hydrogens is 424 g/mol. The molecule has 0 spiro atoms. The highest BCUT2D eigenvalue weighted by molar-refractivity contribution is 7.92. The van der Waals surface area contributed by atoms with E-state index >= 15 is 0 Å². The molecule has 0 amide bonds. The first-order valence-electron chi connectivity index (χ1n) is 10.1. The molecule has 3 rings (SSSR count). The Morgan fingerprint density at radius 3 is 2.38 bits per heavy atom. The summed E-state index contributed by atoms with van der Waals surface area (Å²) in [6.07, 6.45) is 5.78. The fourth-order valence-electron chi connectivity index (χ4n) is 3.56. The van der Waals surface area contributed by atoms with Crippen molar-refractivity contribution < 1.29 is 17.9 Å². The van der Waals surface area contributed by atoms with E-state index in [9.17, 15) is 13.2 Å². The second-order valence-electron chi connectivity index (χ2n) is 7.56. The van der Waals surface area contributed by atoms with Crippen molar-refractivity contribution in [3.05, 3.63) is 66.2 Å². The molecule has 1 N–H and O–H groups in total. The summed E-state index contributed by atoms with van der Waals surface area (Å²) in [5, 5.41) is 1.55. The molecule has 7 heteroatoms. The number of esters is 1. The first kappa shape index (κ1) is 23.2. The van der Waals surface area contributed by atoms with Crippen molar-refractivity contribution in [1.82, 2.24) is 0 Å². The van der Waals surface area contributed by atoms with Gasteiger partial charge in [-0.05, 0) is 38.1 Å². The summed E-state index contributed by atoms with van der Waals surface area (Å²) >= 11 is 0. The van der Waals surface area contributed by atoms with Crippen molar-refractivity contribution >= 4 is 38.1 Å². The number of sulfonamides is 1. The number of fused-ring (bicyclic) bond motifs is 1. The number of rotatable bonds is 8. The molecule has 0 radical (unpaired) electrons. The number of hydrogen-bond donors (Lipinski definition) is 1. The van der Waals surface area contributed by atoms with Crippen LogP contribution in [-0.2, 0) is 19.6 Å². The maximum Gasteiger partial charge on any atom is 0.307 e. The van der Waals surface area contributed by atoms with Crippen molar-refractivity contribution in [3.8, 4) is 12.3 Å². The second-order valence-corrected chi connectivity index (χ2v) is 9.24. The van der Waals surface area contributed by atoms with Gasteiger partial charge in [0.05, 0.1) is 30.7 Å². The van der Waals surface area contributed by atoms with Gasteiger partial charge in [0.2, 0.25) is 0 Å². The van der Waals surface area contributed by atoms with E-state index in [0.29, 0.717) is 5.69 Å². The minimum Gasteiger partial charge on any atom is -0.469 e. The Morgan fingerprint density at radius 2 is 1.75 bits per heavy atom. The van der Waals surface area contributed by atoms with Gasteiger partial charge in [0, 0.05) is 22.5 Å². The largest absolute Gasteiger partial charge is 0.469 e. The normalized spacial score (nSPS) is 12.1. The van der Waals surface area contributed by atoms with E-state index in [2.05, 4.69) is 10.6 Å². The Hall–Kier alpha value is -3.50. The predicted octanol–water partition coefficient (Wildman–Crippen LogP) is 4.34. The molecule has 0 heterocycles. The van der Waals surface area contributed by atoms with Crippen molar-refractivity contribution in [2.24, 2.45) is 0 Å². The molecule has 0 fully saturated rings. The van der Waals surface area contributed by atoms with Gasteiger partial charge in [-0.25, -0.2) is 8.42 Å². The highest BCUT2D eigenvalue weighted by Crippen LogP contribution is 2.34. The van der Waals surface area contributed by atoms with Crippen LogP contribution in [0.15, 0.2) is 65.6 Å². The summed E-state index contributed by atoms with van der Waals surface area (Å²) < 4.78 is 33.4. The molecule has 0 aliphatic heterocycles. The number of benzene rings is 3. The van der Waals surface area contributed by atoms with Crippen LogP contribution < -0.4 is 9.62 Å². The van der Waals surface area contributed by atoms with Crippen LogP contribution in [0.2, 0.25) is 0 Å². The standard InChI is InChI=1S/C25H26N2O4S/c1-5-16-27(19(3)17-25(28)31-4)24-15-14-23(21-8-6-7-9-22(21)24)26-32(29,30)20-12-10-18(2)11-13-20/h1,6-15,19,26H,16-17H2,2-4H3/t19-/m0/s1. The number of aryl methyl sites for hydroxylation is 1. The van der Waals surface area contributed by atoms with Gasteiger partial charge in [-0.15, -0.1) is 6.42 Å². The van der Waals surface area contributed by atoms with E-state index in [4.69, 9.17) is 11.2 Å². The number of nitrogens with zero attached hydrogens (tertiary/aromatic N) is 1. The van der Waals surface area contributed by atoms with Crippen LogP contribution in [0.1, 0.15) is 18.9 Å². The summed E-state index contributed by atoms with van der Waals surface area (Å²) in [6, 6.07) is 17.5. The Labute approximate surface area is 189 Å². The first-order chi connectivity index (χ1) is 15.3. The zero-order valence-electron chi connectivity index (χ0n) is 18.3. The average molecular weight is 451 g/mol. The molecule has 0 aliphatic rings. The van der Waals surface area contributed by atoms with E-state index in [0.717, 1.165) is 22.0 Å². The highest BCUT2D eigenvalue weighted by Gasteiger charge is 2.21. The summed E-state index contributed by atoms with van der Waals surface area (Å²) in [5.41, 5.74) is 2.26. The summed E-state index contributed by atoms with van der Waals surface area (Å²) in [5.74, 6) is 2.32. The average Bonchev–Trinajstić information content (AvgIpc) is 2.78. The van der Waals surface area contributed by atoms with Crippen LogP contribution in [-0.4, -0.2) is 34.1 Å². The second kappa shape index (κ2) is 9.75. The molecule has 0 bridgehead atoms. The Bertz CT molecular complexity index is 1260. The van der Waals surface area contributed by atoms with E-state index in [1.165, 1.54) is 7.11 Å². The Kier molecular flexibility index (Phi) is 7.06. The van der Waals surface area contributed by atoms with E-state index in [1.807, 2.05) is 49.1 Å². The van der Waals surface area contributed by atoms with E-state index < -0.39 is 10.0 Å². The van der Waals surface area contributed by atoms with E-state index in [-0.39, 0.29) is 29.9 Å². The molecule has 166 valence electrons. The number of anilines is 2. The fraction of sp³-hybridized carbons (Fsp3) is 0.240. The molecular formula is C25H26N2O4S. The Balaban J connectivity index is 2.04. The SMILES string of the molecule is C#CCN(c1ccc(NS(=O)(=O)c2ccc(C)cc2)c2ccccc12)[C@@H](C)CC(=O)OC. The molecule has 32 heavy (non-hydrogen) atoms. The third-order valence-corrected chi connectivity index (χ3v) is 6.65. The lowest BCUT2D eigenvalue weighted by Gasteiger charge is -2.30. The van der Waals surface area contributed by atoms with Crippen LogP contribution >= 0.6 is 0 Å².